The minimum atomic E-state index is -0.248. The fourth-order valence-corrected chi connectivity index (χ4v) is 2.00. The first kappa shape index (κ1) is 14.8. The molecule has 0 aromatic heterocycles. The van der Waals surface area contributed by atoms with E-state index >= 15 is 0 Å². The predicted octanol–water partition coefficient (Wildman–Crippen LogP) is 3.51. The third-order valence-corrected chi connectivity index (χ3v) is 3.25. The number of nitrogens with one attached hydrogen (secondary N) is 2. The van der Waals surface area contributed by atoms with E-state index in [2.05, 4.69) is 10.6 Å². The molecule has 2 N–H and O–H groups in total. The average Bonchev–Trinajstić information content (AvgIpc) is 2.43. The molecule has 2 aromatic rings. The van der Waals surface area contributed by atoms with Gasteiger partial charge >= 0.3 is 0 Å². The van der Waals surface area contributed by atoms with Crippen LogP contribution in [-0.2, 0) is 4.79 Å². The molecule has 108 valence electrons. The maximum Gasteiger partial charge on any atom is 0.257 e. The number of anilines is 2. The van der Waals surface area contributed by atoms with Crippen LogP contribution < -0.4 is 10.6 Å². The number of hydrogen-bond donors (Lipinski definition) is 2. The van der Waals surface area contributed by atoms with E-state index < -0.39 is 0 Å². The van der Waals surface area contributed by atoms with Gasteiger partial charge in [-0.25, -0.2) is 0 Å². The first-order valence-electron chi connectivity index (χ1n) is 6.72. The van der Waals surface area contributed by atoms with Crippen LogP contribution in [-0.4, -0.2) is 11.8 Å². The summed E-state index contributed by atoms with van der Waals surface area (Å²) < 4.78 is 0. The SMILES string of the molecule is CC(=O)Nc1ccccc1C(=O)Nc1ccc(C)c(C)c1. The fourth-order valence-electron chi connectivity index (χ4n) is 2.00. The van der Waals surface area contributed by atoms with Crippen LogP contribution in [0.25, 0.3) is 0 Å². The third kappa shape index (κ3) is 3.69. The van der Waals surface area contributed by atoms with Gasteiger partial charge in [0, 0.05) is 12.6 Å². The van der Waals surface area contributed by atoms with E-state index in [1.54, 1.807) is 24.3 Å². The summed E-state index contributed by atoms with van der Waals surface area (Å²) in [7, 11) is 0. The van der Waals surface area contributed by atoms with E-state index in [0.29, 0.717) is 11.3 Å². The summed E-state index contributed by atoms with van der Waals surface area (Å²) in [5.41, 5.74) is 3.97. The lowest BCUT2D eigenvalue weighted by Crippen LogP contribution is -2.16. The second kappa shape index (κ2) is 6.22. The highest BCUT2D eigenvalue weighted by molar-refractivity contribution is 6.09. The van der Waals surface area contributed by atoms with Gasteiger partial charge in [-0.1, -0.05) is 18.2 Å². The normalized spacial score (nSPS) is 10.0. The Balaban J connectivity index is 2.24. The van der Waals surface area contributed by atoms with Crippen LogP contribution in [0.4, 0.5) is 11.4 Å². The molecule has 0 unspecified atom stereocenters. The molecule has 4 nitrogen and oxygen atoms in total. The molecule has 0 radical (unpaired) electrons. The van der Waals surface area contributed by atoms with Gasteiger partial charge in [0.05, 0.1) is 11.3 Å². The van der Waals surface area contributed by atoms with Gasteiger partial charge in [-0.2, -0.15) is 0 Å². The lowest BCUT2D eigenvalue weighted by Gasteiger charge is -2.11. The van der Waals surface area contributed by atoms with Crippen LogP contribution in [0.15, 0.2) is 42.5 Å². The Hall–Kier alpha value is -2.62. The number of para-hydroxylation sites is 1. The topological polar surface area (TPSA) is 58.2 Å². The standard InChI is InChI=1S/C17H18N2O2/c1-11-8-9-14(10-12(11)2)19-17(21)15-6-4-5-7-16(15)18-13(3)20/h4-10H,1-3H3,(H,18,20)(H,19,21). The van der Waals surface area contributed by atoms with Crippen LogP contribution in [0.1, 0.15) is 28.4 Å². The Bertz CT molecular complexity index is 693. The predicted molar refractivity (Wildman–Crippen MR) is 84.6 cm³/mol. The lowest BCUT2D eigenvalue weighted by molar-refractivity contribution is -0.114. The molecule has 21 heavy (non-hydrogen) atoms. The molecule has 2 aromatic carbocycles. The molecule has 0 aliphatic carbocycles. The monoisotopic (exact) mass is 282 g/mol. The zero-order valence-corrected chi connectivity index (χ0v) is 12.4. The van der Waals surface area contributed by atoms with Gasteiger partial charge in [-0.3, -0.25) is 9.59 Å². The molecular weight excluding hydrogens is 264 g/mol. The Morgan fingerprint density at radius 2 is 1.62 bits per heavy atom. The molecule has 0 aliphatic heterocycles. The van der Waals surface area contributed by atoms with Gasteiger partial charge in [0.25, 0.3) is 5.91 Å². The second-order valence-corrected chi connectivity index (χ2v) is 4.98. The van der Waals surface area contributed by atoms with Crippen molar-refractivity contribution in [1.82, 2.24) is 0 Å². The maximum atomic E-state index is 12.4. The van der Waals surface area contributed by atoms with E-state index in [1.165, 1.54) is 12.5 Å². The molecule has 0 saturated carbocycles. The Morgan fingerprint density at radius 3 is 2.29 bits per heavy atom. The average molecular weight is 282 g/mol. The molecule has 2 rings (SSSR count). The van der Waals surface area contributed by atoms with Gasteiger partial charge < -0.3 is 10.6 Å². The maximum absolute atomic E-state index is 12.4. The van der Waals surface area contributed by atoms with Gasteiger partial charge in [-0.05, 0) is 49.2 Å². The highest BCUT2D eigenvalue weighted by atomic mass is 16.2. The Kier molecular flexibility index (Phi) is 4.38. The van der Waals surface area contributed by atoms with Crippen molar-refractivity contribution >= 4 is 23.2 Å². The van der Waals surface area contributed by atoms with Crippen LogP contribution >= 0.6 is 0 Å². The summed E-state index contributed by atoms with van der Waals surface area (Å²) in [6.45, 7) is 5.43. The van der Waals surface area contributed by atoms with Crippen molar-refractivity contribution in [2.75, 3.05) is 10.6 Å². The smallest absolute Gasteiger partial charge is 0.257 e. The van der Waals surface area contributed by atoms with Crippen LogP contribution in [0, 0.1) is 13.8 Å². The Morgan fingerprint density at radius 1 is 0.905 bits per heavy atom. The molecule has 0 heterocycles. The van der Waals surface area contributed by atoms with Gasteiger partial charge in [-0.15, -0.1) is 0 Å². The molecule has 0 fully saturated rings. The largest absolute Gasteiger partial charge is 0.326 e. The van der Waals surface area contributed by atoms with E-state index in [1.807, 2.05) is 32.0 Å². The molecular formula is C17H18N2O2. The van der Waals surface area contributed by atoms with Crippen LogP contribution in [0.2, 0.25) is 0 Å². The summed E-state index contributed by atoms with van der Waals surface area (Å²) in [6, 6.07) is 12.7. The second-order valence-electron chi connectivity index (χ2n) is 4.98. The van der Waals surface area contributed by atoms with Crippen molar-refractivity contribution in [3.05, 3.63) is 59.2 Å². The lowest BCUT2D eigenvalue weighted by atomic mass is 10.1. The molecule has 0 atom stereocenters. The number of benzene rings is 2. The number of carbonyl (C=O) groups excluding carboxylic acids is 2. The molecule has 0 bridgehead atoms. The fraction of sp³-hybridized carbons (Fsp3) is 0.176. The number of aryl methyl sites for hydroxylation is 2. The summed E-state index contributed by atoms with van der Waals surface area (Å²) in [6.07, 6.45) is 0. The molecule has 0 saturated heterocycles. The van der Waals surface area contributed by atoms with Crippen LogP contribution in [0.3, 0.4) is 0 Å². The van der Waals surface area contributed by atoms with Crippen molar-refractivity contribution in [3.8, 4) is 0 Å². The van der Waals surface area contributed by atoms with Gasteiger partial charge in [0.15, 0.2) is 0 Å². The third-order valence-electron chi connectivity index (χ3n) is 3.25. The molecule has 4 heteroatoms. The number of rotatable bonds is 3. The molecule has 0 aliphatic rings. The zero-order valence-electron chi connectivity index (χ0n) is 12.4. The zero-order chi connectivity index (χ0) is 15.4. The van der Waals surface area contributed by atoms with E-state index in [9.17, 15) is 9.59 Å². The summed E-state index contributed by atoms with van der Waals surface area (Å²) in [5, 5.41) is 5.51. The molecule has 2 amide bonds. The van der Waals surface area contributed by atoms with Crippen molar-refractivity contribution in [3.63, 3.8) is 0 Å². The Labute approximate surface area is 124 Å². The van der Waals surface area contributed by atoms with E-state index in [0.717, 1.165) is 11.3 Å². The summed E-state index contributed by atoms with van der Waals surface area (Å²) in [4.78, 5) is 23.5. The summed E-state index contributed by atoms with van der Waals surface area (Å²) >= 11 is 0. The van der Waals surface area contributed by atoms with E-state index in [4.69, 9.17) is 0 Å². The number of hydrogen-bond acceptors (Lipinski definition) is 2. The minimum absolute atomic E-state index is 0.207. The van der Waals surface area contributed by atoms with Crippen LogP contribution in [0.5, 0.6) is 0 Å². The summed E-state index contributed by atoms with van der Waals surface area (Å²) in [5.74, 6) is -0.455. The van der Waals surface area contributed by atoms with Crippen molar-refractivity contribution in [2.24, 2.45) is 0 Å². The van der Waals surface area contributed by atoms with Gasteiger partial charge in [0.1, 0.15) is 0 Å². The van der Waals surface area contributed by atoms with Crippen molar-refractivity contribution in [1.29, 1.82) is 0 Å². The number of carbonyl (C=O) groups is 2. The van der Waals surface area contributed by atoms with Crippen molar-refractivity contribution < 1.29 is 9.59 Å². The van der Waals surface area contributed by atoms with E-state index in [-0.39, 0.29) is 11.8 Å². The first-order chi connectivity index (χ1) is 9.97. The minimum Gasteiger partial charge on any atom is -0.326 e. The highest BCUT2D eigenvalue weighted by Gasteiger charge is 2.12. The number of amides is 2. The van der Waals surface area contributed by atoms with Crippen molar-refractivity contribution in [2.45, 2.75) is 20.8 Å². The first-order valence-corrected chi connectivity index (χ1v) is 6.72. The van der Waals surface area contributed by atoms with Gasteiger partial charge in [0.2, 0.25) is 5.91 Å². The quantitative estimate of drug-likeness (QED) is 0.905. The highest BCUT2D eigenvalue weighted by Crippen LogP contribution is 2.19. The molecule has 0 spiro atoms.